The van der Waals surface area contributed by atoms with Gasteiger partial charge in [0.1, 0.15) is 5.60 Å². The summed E-state index contributed by atoms with van der Waals surface area (Å²) >= 11 is 0. The molecule has 0 unspecified atom stereocenters. The van der Waals surface area contributed by atoms with Crippen molar-refractivity contribution >= 4 is 24.4 Å². The average molecular weight is 373 g/mol. The van der Waals surface area contributed by atoms with Crippen LogP contribution < -0.4 is 5.46 Å². The molecule has 0 saturated carbocycles. The van der Waals surface area contributed by atoms with E-state index in [1.165, 1.54) is 4.90 Å². The number of aromatic nitrogens is 2. The molecule has 1 saturated heterocycles. The van der Waals surface area contributed by atoms with Gasteiger partial charge in [0, 0.05) is 30.6 Å². The third kappa shape index (κ3) is 4.11. The largest absolute Gasteiger partial charge is 0.498 e. The molecular weight excluding hydrogens is 345 g/mol. The standard InChI is InChI=1S/C19H28BN3O4/c1-17(2,3)25-16(24)22-10-8-15(9-11-22)23-13-14(12-21-23)20-26-18(4,5)19(6,7)27-20/h8-10,12-13H,11H2,1-7H3. The maximum Gasteiger partial charge on any atom is 0.498 e. The molecule has 0 bridgehead atoms. The topological polar surface area (TPSA) is 65.8 Å². The fourth-order valence-corrected chi connectivity index (χ4v) is 2.69. The van der Waals surface area contributed by atoms with E-state index >= 15 is 0 Å². The Morgan fingerprint density at radius 3 is 2.37 bits per heavy atom. The molecule has 0 atom stereocenters. The van der Waals surface area contributed by atoms with Crippen molar-refractivity contribution in [2.75, 3.05) is 6.54 Å². The van der Waals surface area contributed by atoms with E-state index in [0.29, 0.717) is 6.54 Å². The van der Waals surface area contributed by atoms with Crippen molar-refractivity contribution in [3.63, 3.8) is 0 Å². The van der Waals surface area contributed by atoms with Gasteiger partial charge in [0.05, 0.1) is 16.9 Å². The summed E-state index contributed by atoms with van der Waals surface area (Å²) in [6.45, 7) is 14.1. The lowest BCUT2D eigenvalue weighted by molar-refractivity contribution is 0.00578. The summed E-state index contributed by atoms with van der Waals surface area (Å²) in [6, 6.07) is 0. The van der Waals surface area contributed by atoms with Crippen molar-refractivity contribution in [1.29, 1.82) is 0 Å². The molecule has 1 fully saturated rings. The van der Waals surface area contributed by atoms with Gasteiger partial charge in [0.25, 0.3) is 0 Å². The molecule has 7 nitrogen and oxygen atoms in total. The normalized spacial score (nSPS) is 21.4. The van der Waals surface area contributed by atoms with Gasteiger partial charge in [0.15, 0.2) is 0 Å². The minimum absolute atomic E-state index is 0.368. The zero-order valence-corrected chi connectivity index (χ0v) is 17.1. The van der Waals surface area contributed by atoms with E-state index in [1.807, 2.05) is 66.8 Å². The van der Waals surface area contributed by atoms with E-state index in [1.54, 1.807) is 17.1 Å². The molecule has 146 valence electrons. The first-order valence-electron chi connectivity index (χ1n) is 9.17. The zero-order chi connectivity index (χ0) is 20.0. The van der Waals surface area contributed by atoms with Crippen molar-refractivity contribution in [2.24, 2.45) is 0 Å². The van der Waals surface area contributed by atoms with Crippen LogP contribution >= 0.6 is 0 Å². The van der Waals surface area contributed by atoms with E-state index in [-0.39, 0.29) is 6.09 Å². The molecule has 0 aromatic carbocycles. The average Bonchev–Trinajstić information content (AvgIpc) is 3.09. The predicted molar refractivity (Wildman–Crippen MR) is 104 cm³/mol. The van der Waals surface area contributed by atoms with Gasteiger partial charge in [-0.1, -0.05) is 0 Å². The first kappa shape index (κ1) is 19.7. The van der Waals surface area contributed by atoms with Gasteiger partial charge >= 0.3 is 13.2 Å². The van der Waals surface area contributed by atoms with Crippen LogP contribution in [0, 0.1) is 0 Å². The van der Waals surface area contributed by atoms with Crippen molar-refractivity contribution in [3.05, 3.63) is 30.7 Å². The molecule has 1 aromatic heterocycles. The summed E-state index contributed by atoms with van der Waals surface area (Å²) in [6.07, 6.45) is 8.73. The molecule has 3 heterocycles. The Kier molecular flexibility index (Phi) is 4.76. The SMILES string of the molecule is CC(C)(C)OC(=O)N1C=CC(n2cc(B3OC(C)(C)C(C)(C)O3)cn2)=CC1. The molecule has 0 spiro atoms. The highest BCUT2D eigenvalue weighted by Gasteiger charge is 2.52. The smallest absolute Gasteiger partial charge is 0.443 e. The van der Waals surface area contributed by atoms with Crippen LogP contribution in [-0.2, 0) is 14.0 Å². The molecular formula is C19H28BN3O4. The number of allylic oxidation sites excluding steroid dienone is 2. The molecule has 0 N–H and O–H groups in total. The summed E-state index contributed by atoms with van der Waals surface area (Å²) in [5.41, 5.74) is 0.430. The third-order valence-electron chi connectivity index (χ3n) is 4.94. The maximum absolute atomic E-state index is 12.1. The van der Waals surface area contributed by atoms with Crippen LogP contribution in [0.4, 0.5) is 4.79 Å². The molecule has 0 radical (unpaired) electrons. The third-order valence-corrected chi connectivity index (χ3v) is 4.94. The first-order valence-corrected chi connectivity index (χ1v) is 9.17. The number of carbonyl (C=O) groups is 1. The number of rotatable bonds is 2. The van der Waals surface area contributed by atoms with Crippen molar-refractivity contribution < 1.29 is 18.8 Å². The first-order chi connectivity index (χ1) is 12.4. The molecule has 27 heavy (non-hydrogen) atoms. The van der Waals surface area contributed by atoms with Gasteiger partial charge < -0.3 is 14.0 Å². The van der Waals surface area contributed by atoms with E-state index < -0.39 is 23.9 Å². The number of ether oxygens (including phenoxy) is 1. The maximum atomic E-state index is 12.1. The highest BCUT2D eigenvalue weighted by molar-refractivity contribution is 6.62. The van der Waals surface area contributed by atoms with Crippen molar-refractivity contribution in [3.8, 4) is 0 Å². The van der Waals surface area contributed by atoms with Crippen LogP contribution in [0.3, 0.4) is 0 Å². The molecule has 8 heteroatoms. The lowest BCUT2D eigenvalue weighted by Crippen LogP contribution is -2.41. The number of hydrogen-bond acceptors (Lipinski definition) is 5. The lowest BCUT2D eigenvalue weighted by atomic mass is 9.82. The van der Waals surface area contributed by atoms with Crippen molar-refractivity contribution in [2.45, 2.75) is 65.3 Å². The van der Waals surface area contributed by atoms with Crippen LogP contribution in [0.5, 0.6) is 0 Å². The van der Waals surface area contributed by atoms with E-state index in [9.17, 15) is 4.79 Å². The summed E-state index contributed by atoms with van der Waals surface area (Å²) in [5.74, 6) is 0. The Morgan fingerprint density at radius 2 is 1.85 bits per heavy atom. The lowest BCUT2D eigenvalue weighted by Gasteiger charge is -2.32. The highest BCUT2D eigenvalue weighted by atomic mass is 16.7. The number of carbonyl (C=O) groups excluding carboxylic acids is 1. The number of hydrogen-bond donors (Lipinski definition) is 0. The quantitative estimate of drug-likeness (QED) is 0.746. The monoisotopic (exact) mass is 373 g/mol. The molecule has 2 aliphatic rings. The molecule has 2 aliphatic heterocycles. The summed E-state index contributed by atoms with van der Waals surface area (Å²) in [5, 5.41) is 4.41. The van der Waals surface area contributed by atoms with Crippen molar-refractivity contribution in [1.82, 2.24) is 14.7 Å². The molecule has 3 rings (SSSR count). The van der Waals surface area contributed by atoms with Crippen LogP contribution in [0.1, 0.15) is 48.5 Å². The summed E-state index contributed by atoms with van der Waals surface area (Å²) < 4.78 is 19.3. The summed E-state index contributed by atoms with van der Waals surface area (Å²) in [7, 11) is -0.449. The Balaban J connectivity index is 1.67. The van der Waals surface area contributed by atoms with Gasteiger partial charge in [-0.05, 0) is 60.6 Å². The molecule has 1 aromatic rings. The Labute approximate surface area is 161 Å². The Hall–Kier alpha value is -2.06. The van der Waals surface area contributed by atoms with Crippen LogP contribution in [0.15, 0.2) is 30.7 Å². The van der Waals surface area contributed by atoms with Gasteiger partial charge in [-0.3, -0.25) is 4.90 Å². The van der Waals surface area contributed by atoms with Gasteiger partial charge in [-0.2, -0.15) is 5.10 Å². The van der Waals surface area contributed by atoms with Gasteiger partial charge in [-0.15, -0.1) is 0 Å². The van der Waals surface area contributed by atoms with E-state index in [0.717, 1.165) is 11.2 Å². The zero-order valence-electron chi connectivity index (χ0n) is 17.1. The fraction of sp³-hybridized carbons (Fsp3) is 0.579. The second-order valence-corrected chi connectivity index (χ2v) is 8.88. The minimum Gasteiger partial charge on any atom is -0.443 e. The summed E-state index contributed by atoms with van der Waals surface area (Å²) in [4.78, 5) is 13.6. The Morgan fingerprint density at radius 1 is 1.22 bits per heavy atom. The van der Waals surface area contributed by atoms with Crippen LogP contribution in [0.2, 0.25) is 0 Å². The number of nitrogens with zero attached hydrogens (tertiary/aromatic N) is 3. The van der Waals surface area contributed by atoms with E-state index in [2.05, 4.69) is 5.10 Å². The fourth-order valence-electron chi connectivity index (χ4n) is 2.69. The second kappa shape index (κ2) is 6.53. The molecule has 0 aliphatic carbocycles. The van der Waals surface area contributed by atoms with Crippen LogP contribution in [0.25, 0.3) is 5.70 Å². The van der Waals surface area contributed by atoms with E-state index in [4.69, 9.17) is 14.0 Å². The van der Waals surface area contributed by atoms with Gasteiger partial charge in [0.2, 0.25) is 0 Å². The Bertz CT molecular complexity index is 773. The second-order valence-electron chi connectivity index (χ2n) is 8.88. The van der Waals surface area contributed by atoms with Crippen LogP contribution in [-0.4, -0.2) is 51.2 Å². The predicted octanol–water partition coefficient (Wildman–Crippen LogP) is 2.79. The molecule has 1 amide bonds. The minimum atomic E-state index is -0.519. The number of amides is 1. The van der Waals surface area contributed by atoms with Gasteiger partial charge in [-0.25, -0.2) is 9.48 Å². The highest BCUT2D eigenvalue weighted by Crippen LogP contribution is 2.36.